The summed E-state index contributed by atoms with van der Waals surface area (Å²) in [7, 11) is 0. The van der Waals surface area contributed by atoms with Crippen LogP contribution in [0, 0.1) is 0 Å². The second-order valence-electron chi connectivity index (χ2n) is 25.3. The summed E-state index contributed by atoms with van der Waals surface area (Å²) in [5.41, 5.74) is 10.0. The molecule has 15 rings (SSSR count). The van der Waals surface area contributed by atoms with Crippen LogP contribution >= 0.6 is 0 Å². The maximum Gasteiger partial charge on any atom is 0.255 e. The Morgan fingerprint density at radius 1 is 0.422 bits per heavy atom. The fourth-order valence-corrected chi connectivity index (χ4v) is 12.9. The first-order chi connectivity index (χ1) is 54.0. The quantitative estimate of drug-likeness (QED) is 0.0774. The van der Waals surface area contributed by atoms with Crippen molar-refractivity contribution in [1.82, 2.24) is 45.3 Å². The Morgan fingerprint density at radius 2 is 0.784 bits per heavy atom. The monoisotopic (exact) mass is 1400 g/mol. The number of allylic oxidation sites excluding steroid dienone is 3. The van der Waals surface area contributed by atoms with Gasteiger partial charge in [0.2, 0.25) is 35.4 Å². The minimum atomic E-state index is -2.62. The van der Waals surface area contributed by atoms with Gasteiger partial charge in [0.05, 0.1) is 55.8 Å². The van der Waals surface area contributed by atoms with E-state index in [9.17, 15) is 43.2 Å². The average molecular weight is 1400 g/mol. The summed E-state index contributed by atoms with van der Waals surface area (Å²) in [5, 5.41) is 8.19. The van der Waals surface area contributed by atoms with Crippen molar-refractivity contribution in [3.63, 3.8) is 0 Å². The standard InChI is InChI=1S/3C26H27N3O5/c3*1-17-5-10-22(25(31)27-17)29-14-21-20(26(29)32)3-2-4-23(21)34-15-19-8-6-18(7-9-19)13-28-11-12-33-16-24(28)30/h3*2-4,6-9,22H,1,5,10-16H2,(H,27,31)/i11D2,12D,16D;11D2,16D2;11D2,12D2. The fraction of sp³-hybridized carbons (Fsp3) is 0.346. The van der Waals surface area contributed by atoms with Crippen molar-refractivity contribution < 1.29 is 88.0 Å². The zero-order valence-corrected chi connectivity index (χ0v) is 55.5. The number of hydrogen-bond donors (Lipinski definition) is 3. The number of hydrogen-bond acceptors (Lipinski definition) is 15. The second kappa shape index (κ2) is 31.3. The number of nitrogens with zero attached hydrogens (tertiary/aromatic N) is 6. The molecule has 24 heteroatoms. The summed E-state index contributed by atoms with van der Waals surface area (Å²) < 4.78 is 127. The van der Waals surface area contributed by atoms with E-state index in [0.717, 1.165) is 48.1 Å². The molecule has 0 saturated carbocycles. The molecule has 102 heavy (non-hydrogen) atoms. The van der Waals surface area contributed by atoms with Gasteiger partial charge in [0.1, 0.15) is 74.9 Å². The second-order valence-corrected chi connectivity index (χ2v) is 25.3. The Bertz CT molecular complexity index is 4520. The van der Waals surface area contributed by atoms with Crippen molar-refractivity contribution in [2.75, 3.05) is 59.0 Å². The molecule has 0 aliphatic carbocycles. The molecule has 0 aromatic heterocycles. The molecule has 3 N–H and O–H groups in total. The van der Waals surface area contributed by atoms with Gasteiger partial charge in [-0.2, -0.15) is 0 Å². The van der Waals surface area contributed by atoms with Crippen LogP contribution in [0.1, 0.15) is 136 Å². The van der Waals surface area contributed by atoms with Crippen molar-refractivity contribution in [3.8, 4) is 17.2 Å². The molecule has 5 unspecified atom stereocenters. The van der Waals surface area contributed by atoms with Crippen molar-refractivity contribution in [2.45, 2.75) is 116 Å². The zero-order chi connectivity index (χ0) is 81.7. The minimum absolute atomic E-state index is 0.104. The van der Waals surface area contributed by atoms with Crippen LogP contribution in [0.15, 0.2) is 164 Å². The Morgan fingerprint density at radius 3 is 1.17 bits per heavy atom. The molecule has 6 saturated heterocycles. The molecular weight excluding hydrogens is 1300 g/mol. The van der Waals surface area contributed by atoms with Gasteiger partial charge in [0.25, 0.3) is 17.7 Å². The molecule has 0 bridgehead atoms. The Balaban J connectivity index is 0.000000149. The number of amides is 9. The lowest BCUT2D eigenvalue weighted by atomic mass is 10.0. The van der Waals surface area contributed by atoms with E-state index >= 15 is 0 Å². The summed E-state index contributed by atoms with van der Waals surface area (Å²) in [6.45, 7) is -4.18. The smallest absolute Gasteiger partial charge is 0.255 e. The maximum atomic E-state index is 13.0. The van der Waals surface area contributed by atoms with Gasteiger partial charge >= 0.3 is 0 Å². The van der Waals surface area contributed by atoms with Gasteiger partial charge in [0, 0.05) is 89.6 Å². The van der Waals surface area contributed by atoms with E-state index in [1.807, 2.05) is 0 Å². The fourth-order valence-electron chi connectivity index (χ4n) is 12.9. The van der Waals surface area contributed by atoms with E-state index in [1.165, 1.54) is 0 Å². The van der Waals surface area contributed by atoms with E-state index in [2.05, 4.69) is 35.7 Å². The molecule has 6 aromatic carbocycles. The number of piperidine rings is 3. The molecule has 9 amide bonds. The Labute approximate surface area is 607 Å². The average Bonchev–Trinajstić information content (AvgIpc) is 1.61. The van der Waals surface area contributed by atoms with E-state index in [0.29, 0.717) is 106 Å². The number of rotatable bonds is 18. The zero-order valence-electron chi connectivity index (χ0n) is 67.5. The van der Waals surface area contributed by atoms with E-state index in [1.54, 1.807) is 142 Å². The van der Waals surface area contributed by atoms with Gasteiger partial charge < -0.3 is 73.8 Å². The highest BCUT2D eigenvalue weighted by Crippen LogP contribution is 2.38. The van der Waals surface area contributed by atoms with E-state index in [-0.39, 0.29) is 94.5 Å². The summed E-state index contributed by atoms with van der Waals surface area (Å²) in [5.74, 6) is -2.16. The molecule has 0 spiro atoms. The van der Waals surface area contributed by atoms with E-state index < -0.39 is 94.8 Å². The highest BCUT2D eigenvalue weighted by Gasteiger charge is 2.43. The number of nitrogens with one attached hydrogen (secondary N) is 3. The Hall–Kier alpha value is -11.0. The van der Waals surface area contributed by atoms with Gasteiger partial charge in [0.15, 0.2) is 0 Å². The van der Waals surface area contributed by atoms with Crippen LogP contribution in [-0.2, 0) is 102 Å². The number of carbonyl (C=O) groups is 9. The van der Waals surface area contributed by atoms with Crippen molar-refractivity contribution >= 4 is 53.2 Å². The van der Waals surface area contributed by atoms with Crippen LogP contribution in [0.25, 0.3) is 0 Å². The van der Waals surface area contributed by atoms with Gasteiger partial charge in [-0.1, -0.05) is 111 Å². The number of carbonyl (C=O) groups excluding carboxylic acids is 9. The third kappa shape index (κ3) is 15.9. The number of ether oxygens (including phenoxy) is 6. The van der Waals surface area contributed by atoms with Crippen molar-refractivity contribution in [2.24, 2.45) is 0 Å². The molecule has 528 valence electrons. The molecule has 9 aliphatic rings. The lowest BCUT2D eigenvalue weighted by Crippen LogP contribution is -2.49. The SMILES string of the molecule is [2H]C1([2H])OCC(=O)N(Cc2ccc(COc3cccc4c3CN(C3CCC(=C)NC3=O)C4=O)cc2)C1([2H])[2H].[2H]C1([2H])OCC([2H])([2H])N(Cc2ccc(COc3cccc4c3CN(C3CCC(=C)NC3=O)C4=O)cc2)C1=O.[2H]C1OC([2H])C([2H])([2H])N(Cc2ccc(COc3cccc4c3CN(C3CCC(=C)NC3=O)C4=O)cc2)C1=O. The molecule has 9 aliphatic heterocycles. The normalized spacial score (nSPS) is 26.1. The first kappa shape index (κ1) is 55.8. The van der Waals surface area contributed by atoms with Crippen LogP contribution < -0.4 is 30.2 Å². The lowest BCUT2D eigenvalue weighted by molar-refractivity contribution is -0.144. The first-order valence-electron chi connectivity index (χ1n) is 39.2. The van der Waals surface area contributed by atoms with Crippen molar-refractivity contribution in [1.29, 1.82) is 0 Å². The molecular formula is C78H81N9O15. The van der Waals surface area contributed by atoms with E-state index in [4.69, 9.17) is 44.9 Å². The van der Waals surface area contributed by atoms with Gasteiger partial charge in [-0.15, -0.1) is 0 Å². The summed E-state index contributed by atoms with van der Waals surface area (Å²) in [6.07, 6.45) is 3.42. The molecule has 6 aromatic rings. The molecule has 6 fully saturated rings. The molecule has 5 atom stereocenters. The predicted octanol–water partition coefficient (Wildman–Crippen LogP) is 7.12. The van der Waals surface area contributed by atoms with Gasteiger partial charge in [-0.3, -0.25) is 43.2 Å². The first-order valence-corrected chi connectivity index (χ1v) is 33.1. The third-order valence-electron chi connectivity index (χ3n) is 18.4. The van der Waals surface area contributed by atoms with Crippen LogP contribution in [0.5, 0.6) is 17.2 Å². The van der Waals surface area contributed by atoms with Crippen LogP contribution in [0.3, 0.4) is 0 Å². The van der Waals surface area contributed by atoms with Crippen molar-refractivity contribution in [3.05, 3.63) is 231 Å². The van der Waals surface area contributed by atoms with Crippen LogP contribution in [0.2, 0.25) is 0 Å². The largest absolute Gasteiger partial charge is 0.489 e. The predicted molar refractivity (Wildman–Crippen MR) is 371 cm³/mol. The topological polar surface area (TPSA) is 265 Å². The molecule has 24 nitrogen and oxygen atoms in total. The number of benzene rings is 6. The van der Waals surface area contributed by atoms with Crippen LogP contribution in [-0.4, -0.2) is 160 Å². The summed E-state index contributed by atoms with van der Waals surface area (Å²) in [6, 6.07) is 35.2. The lowest BCUT2D eigenvalue weighted by Gasteiger charge is -2.31. The number of morpholine rings is 3. The summed E-state index contributed by atoms with van der Waals surface area (Å²) in [4.78, 5) is 121. The Kier molecular flexibility index (Phi) is 17.1. The third-order valence-corrected chi connectivity index (χ3v) is 18.4. The summed E-state index contributed by atoms with van der Waals surface area (Å²) >= 11 is 0. The molecule has 9 heterocycles. The minimum Gasteiger partial charge on any atom is -0.489 e. The van der Waals surface area contributed by atoms with Crippen LogP contribution in [0.4, 0.5) is 0 Å². The van der Waals surface area contributed by atoms with Gasteiger partial charge in [-0.25, -0.2) is 0 Å². The highest BCUT2D eigenvalue weighted by atomic mass is 16.5. The highest BCUT2D eigenvalue weighted by molar-refractivity contribution is 6.04. The molecule has 0 radical (unpaired) electrons. The van der Waals surface area contributed by atoms with Gasteiger partial charge in [-0.05, 0) is 108 Å². The number of fused-ring (bicyclic) bond motifs is 3. The maximum absolute atomic E-state index is 13.0.